The predicted molar refractivity (Wildman–Crippen MR) is 90.8 cm³/mol. The standard InChI is InChI=1S/C18H22N2O3S/c21-15-11-20(12-15)10-14-3-1-2-13-8-16(4-5-18(13)14)24(22,23)17-6-7-19-9-17/h4-9,14-15,19,21H,1-3,10-12H2/t14-/m0/s1. The third-order valence-corrected chi connectivity index (χ3v) is 6.91. The fraction of sp³-hybridized carbons (Fsp3) is 0.444. The number of hydrogen-bond acceptors (Lipinski definition) is 4. The monoisotopic (exact) mass is 346 g/mol. The molecule has 2 aliphatic rings. The maximum atomic E-state index is 12.7. The van der Waals surface area contributed by atoms with Crippen molar-refractivity contribution in [3.63, 3.8) is 0 Å². The molecule has 6 heteroatoms. The predicted octanol–water partition coefficient (Wildman–Crippen LogP) is 1.94. The number of aryl methyl sites for hydroxylation is 1. The van der Waals surface area contributed by atoms with Crippen molar-refractivity contribution in [3.05, 3.63) is 47.8 Å². The lowest BCUT2D eigenvalue weighted by Crippen LogP contribution is -2.52. The van der Waals surface area contributed by atoms with Gasteiger partial charge in [-0.1, -0.05) is 6.07 Å². The lowest BCUT2D eigenvalue weighted by atomic mass is 9.82. The summed E-state index contributed by atoms with van der Waals surface area (Å²) in [6, 6.07) is 7.18. The van der Waals surface area contributed by atoms with Crippen LogP contribution in [0.4, 0.5) is 0 Å². The summed E-state index contributed by atoms with van der Waals surface area (Å²) < 4.78 is 25.4. The van der Waals surface area contributed by atoms with Gasteiger partial charge in [0.2, 0.25) is 9.84 Å². The third-order valence-electron chi connectivity index (χ3n) is 5.16. The topological polar surface area (TPSA) is 73.4 Å². The van der Waals surface area contributed by atoms with Crippen molar-refractivity contribution in [1.29, 1.82) is 0 Å². The second kappa shape index (κ2) is 6.02. The normalized spacial score (nSPS) is 22.1. The molecule has 4 rings (SSSR count). The molecule has 0 saturated carbocycles. The number of aliphatic hydroxyl groups excluding tert-OH is 1. The van der Waals surface area contributed by atoms with Crippen LogP contribution in [-0.4, -0.2) is 49.1 Å². The van der Waals surface area contributed by atoms with Crippen LogP contribution in [0.3, 0.4) is 0 Å². The fourth-order valence-corrected chi connectivity index (χ4v) is 5.15. The smallest absolute Gasteiger partial charge is 0.208 e. The zero-order chi connectivity index (χ0) is 16.7. The molecule has 0 amide bonds. The van der Waals surface area contributed by atoms with Crippen molar-refractivity contribution in [2.75, 3.05) is 19.6 Å². The zero-order valence-corrected chi connectivity index (χ0v) is 14.3. The summed E-state index contributed by atoms with van der Waals surface area (Å²) in [6.45, 7) is 2.46. The number of benzene rings is 1. The van der Waals surface area contributed by atoms with Gasteiger partial charge in [0.15, 0.2) is 0 Å². The van der Waals surface area contributed by atoms with Crippen LogP contribution in [0.1, 0.15) is 29.9 Å². The molecule has 1 saturated heterocycles. The Morgan fingerprint density at radius 3 is 2.75 bits per heavy atom. The number of hydrogen-bond donors (Lipinski definition) is 2. The number of sulfone groups is 1. The van der Waals surface area contributed by atoms with Crippen molar-refractivity contribution in [1.82, 2.24) is 9.88 Å². The van der Waals surface area contributed by atoms with E-state index in [2.05, 4.69) is 9.88 Å². The molecule has 2 heterocycles. The molecule has 5 nitrogen and oxygen atoms in total. The van der Waals surface area contributed by atoms with Crippen LogP contribution in [-0.2, 0) is 16.3 Å². The van der Waals surface area contributed by atoms with Gasteiger partial charge in [-0.05, 0) is 54.5 Å². The number of nitrogens with zero attached hydrogens (tertiary/aromatic N) is 1. The number of H-pyrrole nitrogens is 1. The van der Waals surface area contributed by atoms with Gasteiger partial charge < -0.3 is 10.1 Å². The number of β-amino-alcohol motifs (C(OH)–C–C–N with tert-alkyl or cyclic N) is 1. The Balaban J connectivity index is 1.61. The summed E-state index contributed by atoms with van der Waals surface area (Å²) in [5, 5.41) is 9.45. The highest BCUT2D eigenvalue weighted by molar-refractivity contribution is 7.91. The number of aromatic nitrogens is 1. The van der Waals surface area contributed by atoms with E-state index >= 15 is 0 Å². The van der Waals surface area contributed by atoms with Crippen LogP contribution in [0.5, 0.6) is 0 Å². The van der Waals surface area contributed by atoms with E-state index in [1.54, 1.807) is 18.3 Å². The second-order valence-corrected chi connectivity index (χ2v) is 8.82. The molecule has 1 fully saturated rings. The summed E-state index contributed by atoms with van der Waals surface area (Å²) in [4.78, 5) is 5.77. The molecule has 0 unspecified atom stereocenters. The van der Waals surface area contributed by atoms with E-state index in [9.17, 15) is 13.5 Å². The Hall–Kier alpha value is -1.63. The number of aromatic amines is 1. The Bertz CT molecular complexity index is 824. The van der Waals surface area contributed by atoms with E-state index in [0.717, 1.165) is 44.5 Å². The van der Waals surface area contributed by atoms with Crippen molar-refractivity contribution in [2.45, 2.75) is 41.1 Å². The van der Waals surface area contributed by atoms with Gasteiger partial charge in [-0.25, -0.2) is 8.42 Å². The van der Waals surface area contributed by atoms with Gasteiger partial charge in [0.05, 0.1) is 15.9 Å². The van der Waals surface area contributed by atoms with E-state index < -0.39 is 9.84 Å². The number of fused-ring (bicyclic) bond motifs is 1. The molecule has 1 atom stereocenters. The number of nitrogens with one attached hydrogen (secondary N) is 1. The minimum Gasteiger partial charge on any atom is -0.390 e. The molecule has 2 N–H and O–H groups in total. The molecular formula is C18H22N2O3S. The summed E-state index contributed by atoms with van der Waals surface area (Å²) in [5.74, 6) is 0.435. The van der Waals surface area contributed by atoms with Gasteiger partial charge >= 0.3 is 0 Å². The van der Waals surface area contributed by atoms with Gasteiger partial charge in [-0.15, -0.1) is 0 Å². The highest BCUT2D eigenvalue weighted by Gasteiger charge is 2.30. The summed E-state index contributed by atoms with van der Waals surface area (Å²) >= 11 is 0. The van der Waals surface area contributed by atoms with E-state index in [1.807, 2.05) is 12.1 Å². The van der Waals surface area contributed by atoms with Crippen molar-refractivity contribution in [3.8, 4) is 0 Å². The van der Waals surface area contributed by atoms with Gasteiger partial charge in [0, 0.05) is 32.0 Å². The first kappa shape index (κ1) is 15.9. The summed E-state index contributed by atoms with van der Waals surface area (Å²) in [7, 11) is -3.45. The van der Waals surface area contributed by atoms with E-state index in [0.29, 0.717) is 15.7 Å². The number of aliphatic hydroxyl groups is 1. The fourth-order valence-electron chi connectivity index (χ4n) is 3.86. The minimum absolute atomic E-state index is 0.179. The molecule has 24 heavy (non-hydrogen) atoms. The van der Waals surface area contributed by atoms with E-state index in [4.69, 9.17) is 0 Å². The molecule has 0 radical (unpaired) electrons. The van der Waals surface area contributed by atoms with E-state index in [-0.39, 0.29) is 6.10 Å². The third kappa shape index (κ3) is 2.79. The van der Waals surface area contributed by atoms with Gasteiger partial charge in [-0.2, -0.15) is 0 Å². The first-order valence-corrected chi connectivity index (χ1v) is 9.93. The second-order valence-electron chi connectivity index (χ2n) is 6.87. The number of likely N-dealkylation sites (tertiary alicyclic amines) is 1. The van der Waals surface area contributed by atoms with Gasteiger partial charge in [-0.3, -0.25) is 4.90 Å². The van der Waals surface area contributed by atoms with Crippen LogP contribution in [0.25, 0.3) is 0 Å². The first-order valence-electron chi connectivity index (χ1n) is 8.45. The van der Waals surface area contributed by atoms with Crippen molar-refractivity contribution < 1.29 is 13.5 Å². The van der Waals surface area contributed by atoms with Crippen molar-refractivity contribution >= 4 is 9.84 Å². The lowest BCUT2D eigenvalue weighted by molar-refractivity contribution is -0.00206. The maximum Gasteiger partial charge on any atom is 0.208 e. The highest BCUT2D eigenvalue weighted by atomic mass is 32.2. The summed E-state index contributed by atoms with van der Waals surface area (Å²) in [6.07, 6.45) is 6.12. The SMILES string of the molecule is O=S(=O)(c1cc[nH]c1)c1ccc2c(c1)CCC[C@H]2CN1CC(O)C1. The first-order chi connectivity index (χ1) is 11.5. The highest BCUT2D eigenvalue weighted by Crippen LogP contribution is 2.35. The number of rotatable bonds is 4. The lowest BCUT2D eigenvalue weighted by Gasteiger charge is -2.39. The molecule has 2 aromatic rings. The largest absolute Gasteiger partial charge is 0.390 e. The molecule has 1 aliphatic heterocycles. The molecule has 0 bridgehead atoms. The van der Waals surface area contributed by atoms with E-state index in [1.165, 1.54) is 11.8 Å². The minimum atomic E-state index is -3.45. The molecular weight excluding hydrogens is 324 g/mol. The van der Waals surface area contributed by atoms with Crippen molar-refractivity contribution in [2.24, 2.45) is 0 Å². The Labute approximate surface area is 142 Å². The molecule has 1 aromatic carbocycles. The average Bonchev–Trinajstić information content (AvgIpc) is 3.08. The molecule has 128 valence electrons. The van der Waals surface area contributed by atoms with Crippen LogP contribution in [0.2, 0.25) is 0 Å². The average molecular weight is 346 g/mol. The van der Waals surface area contributed by atoms with Gasteiger partial charge in [0.25, 0.3) is 0 Å². The molecule has 1 aliphatic carbocycles. The quantitative estimate of drug-likeness (QED) is 0.887. The maximum absolute atomic E-state index is 12.7. The van der Waals surface area contributed by atoms with Crippen LogP contribution < -0.4 is 0 Å². The molecule has 0 spiro atoms. The summed E-state index contributed by atoms with van der Waals surface area (Å²) in [5.41, 5.74) is 2.43. The zero-order valence-electron chi connectivity index (χ0n) is 13.5. The Morgan fingerprint density at radius 2 is 2.04 bits per heavy atom. The van der Waals surface area contributed by atoms with Crippen LogP contribution >= 0.6 is 0 Å². The van der Waals surface area contributed by atoms with Crippen LogP contribution in [0.15, 0.2) is 46.5 Å². The van der Waals surface area contributed by atoms with Crippen LogP contribution in [0, 0.1) is 0 Å². The Morgan fingerprint density at radius 1 is 1.21 bits per heavy atom. The Kier molecular flexibility index (Phi) is 3.98. The molecule has 1 aromatic heterocycles. The van der Waals surface area contributed by atoms with Gasteiger partial charge in [0.1, 0.15) is 0 Å².